The Bertz CT molecular complexity index is 5960. The Morgan fingerprint density at radius 1 is 0.374 bits per heavy atom. The number of carbonyl (C=O) groups is 4. The Morgan fingerprint density at radius 2 is 0.704 bits per heavy atom. The van der Waals surface area contributed by atoms with Crippen molar-refractivity contribution < 1.29 is 47.1 Å². The number of carbonyl (C=O) groups excluding carboxylic acids is 4. The maximum absolute atomic E-state index is 13.7. The number of halogens is 3. The molecule has 592 valence electrons. The lowest BCUT2D eigenvalue weighted by Gasteiger charge is -2.36. The summed E-state index contributed by atoms with van der Waals surface area (Å²) in [5.41, 5.74) is -0.755. The summed E-state index contributed by atoms with van der Waals surface area (Å²) in [5, 5.41) is 46.0. The maximum atomic E-state index is 13.7. The largest absolute Gasteiger partial charge is 0.416 e. The van der Waals surface area contributed by atoms with Crippen LogP contribution in [-0.4, -0.2) is 145 Å². The molecule has 7 aromatic carbocycles. The third kappa shape index (κ3) is 17.3. The monoisotopic (exact) mass is 1620 g/mol. The second kappa shape index (κ2) is 35.8. The van der Waals surface area contributed by atoms with Crippen LogP contribution in [-0.2, 0) is 25.8 Å². The van der Waals surface area contributed by atoms with Crippen molar-refractivity contribution in [1.82, 2.24) is 28.4 Å². The quantitative estimate of drug-likeness (QED) is 0.0493. The number of aromatic nitrogens is 3. The predicted octanol–water partition coefficient (Wildman–Crippen LogP) is 15.9. The molecule has 3 amide bonds. The van der Waals surface area contributed by atoms with Crippen LogP contribution in [0.5, 0.6) is 0 Å². The molecule has 9 heterocycles. The lowest BCUT2D eigenvalue weighted by molar-refractivity contribution is -0.385. The molecule has 25 nitrogen and oxygen atoms in total. The van der Waals surface area contributed by atoms with Crippen molar-refractivity contribution in [3.63, 3.8) is 0 Å². The number of para-hydroxylation sites is 3. The summed E-state index contributed by atoms with van der Waals surface area (Å²) >= 11 is 4.11. The molecule has 3 aliphatic rings. The highest BCUT2D eigenvalue weighted by Crippen LogP contribution is 2.39. The van der Waals surface area contributed by atoms with E-state index in [9.17, 15) is 77.1 Å². The zero-order valence-corrected chi connectivity index (χ0v) is 62.0. The Kier molecular flexibility index (Phi) is 25.8. The Morgan fingerprint density at radius 3 is 1.07 bits per heavy atom. The molecule has 13 aromatic rings. The number of nitro groups is 3. The van der Waals surface area contributed by atoms with Crippen LogP contribution in [0.1, 0.15) is 78.3 Å². The minimum Gasteiger partial charge on any atom is -0.362 e. The average Bonchev–Trinajstić information content (AvgIpc) is 1.20. The first-order valence-electron chi connectivity index (χ1n) is 35.5. The molecule has 3 aliphatic heterocycles. The number of ketones is 1. The van der Waals surface area contributed by atoms with E-state index in [1.807, 2.05) is 99.9 Å². The van der Waals surface area contributed by atoms with Gasteiger partial charge in [-0.15, -0.1) is 34.0 Å². The van der Waals surface area contributed by atoms with Crippen LogP contribution < -0.4 is 31.4 Å². The van der Waals surface area contributed by atoms with Crippen molar-refractivity contribution in [2.75, 3.05) is 93.2 Å². The van der Waals surface area contributed by atoms with Gasteiger partial charge in [-0.3, -0.25) is 77.6 Å². The van der Waals surface area contributed by atoms with E-state index in [1.165, 1.54) is 59.8 Å². The van der Waals surface area contributed by atoms with Gasteiger partial charge in [0.15, 0.2) is 5.78 Å². The molecular weight excluding hydrogens is 1540 g/mol. The molecule has 0 N–H and O–H groups in total. The fourth-order valence-electron chi connectivity index (χ4n) is 14.5. The van der Waals surface area contributed by atoms with Crippen LogP contribution in [0.2, 0.25) is 0 Å². The number of Topliss-reactive ketones (excluding diaryl/α,β-unsaturated/α-hetero) is 1. The topological polar surface area (TPSA) is 283 Å². The smallest absolute Gasteiger partial charge is 0.362 e. The molecule has 0 radical (unpaired) electrons. The third-order valence-electron chi connectivity index (χ3n) is 19.9. The molecule has 0 aliphatic carbocycles. The van der Waals surface area contributed by atoms with E-state index in [-0.39, 0.29) is 76.8 Å². The normalized spacial score (nSPS) is 13.5. The highest BCUT2D eigenvalue weighted by molar-refractivity contribution is 7.12. The van der Waals surface area contributed by atoms with E-state index in [2.05, 4.69) is 0 Å². The minimum absolute atomic E-state index is 0. The third-order valence-corrected chi connectivity index (χ3v) is 22.5. The molecule has 0 saturated carbocycles. The second-order valence-electron chi connectivity index (χ2n) is 26.5. The van der Waals surface area contributed by atoms with Gasteiger partial charge in [-0.2, -0.15) is 13.2 Å². The molecule has 16 rings (SSSR count). The van der Waals surface area contributed by atoms with Crippen LogP contribution in [0.25, 0.3) is 43.5 Å². The summed E-state index contributed by atoms with van der Waals surface area (Å²) < 4.78 is 42.8. The summed E-state index contributed by atoms with van der Waals surface area (Å²) in [4.78, 5) is 139. The van der Waals surface area contributed by atoms with E-state index in [0.717, 1.165) is 28.5 Å². The van der Waals surface area contributed by atoms with Gasteiger partial charge in [0.1, 0.15) is 17.1 Å². The molecule has 0 unspecified atom stereocenters. The van der Waals surface area contributed by atoms with Crippen LogP contribution in [0, 0.1) is 30.3 Å². The Hall–Kier alpha value is -13.0. The molecule has 0 spiro atoms. The summed E-state index contributed by atoms with van der Waals surface area (Å²) in [6.45, 7) is 4.08. The van der Waals surface area contributed by atoms with E-state index in [0.29, 0.717) is 143 Å². The van der Waals surface area contributed by atoms with Gasteiger partial charge in [-0.25, -0.2) is 0 Å². The van der Waals surface area contributed by atoms with Crippen LogP contribution >= 0.6 is 34.0 Å². The van der Waals surface area contributed by atoms with Crippen LogP contribution in [0.4, 0.5) is 47.3 Å². The number of thiophene rings is 3. The standard InChI is InChI=1S/C29H24N4O4S.C26H21F3N4O4S.C26H22N4O5S.3CH4/c34-28(25-10-5-17-38-25)31-15-13-30(14-16-31)26-23-8-3-4-9-24(23)32(29(35)27(26)33(36)37)19-20-11-12-21-6-1-2-7-22(21)18-20;27-26(28,29)18-9-7-17(8-10-18)16-32-20-5-2-1-4-19(20)22(23(25(32)35)33(36)37)30-11-13-31(14-12-30)24(34)21-6-3-15-38-21;31-21(18-7-2-1-3-8-18)17-29-20-10-5-4-9-19(20)23(24(26(29)33)30(34)35)27-12-14-28(15-13-27)25(32)22-11-6-16-36-22;;;/h1-12,17-18H,13-16,19H2;1-10,15H,11-14,16H2;1-11,16H,12-15,17H2;3*1H4. The first-order valence-corrected chi connectivity index (χ1v) is 38.1. The van der Waals surface area contributed by atoms with E-state index in [4.69, 9.17) is 0 Å². The molecule has 0 bridgehead atoms. The number of amides is 3. The molecule has 3 saturated heterocycles. The zero-order valence-electron chi connectivity index (χ0n) is 59.5. The lowest BCUT2D eigenvalue weighted by Crippen LogP contribution is -2.49. The summed E-state index contributed by atoms with van der Waals surface area (Å²) in [6, 6.07) is 58.6. The van der Waals surface area contributed by atoms with Crippen molar-refractivity contribution >= 4 is 135 Å². The number of anilines is 3. The number of hydrogen-bond acceptors (Lipinski definition) is 19. The minimum atomic E-state index is -4.50. The van der Waals surface area contributed by atoms with Crippen molar-refractivity contribution in [2.45, 2.75) is 48.1 Å². The van der Waals surface area contributed by atoms with Gasteiger partial charge in [0.2, 0.25) is 0 Å². The number of fused-ring (bicyclic) bond motifs is 4. The summed E-state index contributed by atoms with van der Waals surface area (Å²) in [5.74, 6) is -0.528. The number of benzene rings is 7. The van der Waals surface area contributed by atoms with Gasteiger partial charge in [0.05, 0.1) is 71.1 Å². The van der Waals surface area contributed by atoms with Gasteiger partial charge in [-0.1, -0.05) is 174 Å². The van der Waals surface area contributed by atoms with E-state index in [1.54, 1.807) is 128 Å². The fourth-order valence-corrected chi connectivity index (χ4v) is 16.6. The van der Waals surface area contributed by atoms with Gasteiger partial charge in [0.25, 0.3) is 17.7 Å². The Labute approximate surface area is 668 Å². The van der Waals surface area contributed by atoms with E-state index < -0.39 is 60.2 Å². The van der Waals surface area contributed by atoms with Crippen molar-refractivity contribution in [3.05, 3.63) is 321 Å². The fraction of sp³-hybridized carbons (Fsp3) is 0.226. The molecule has 3 fully saturated rings. The summed E-state index contributed by atoms with van der Waals surface area (Å²) in [7, 11) is 0. The number of piperazine rings is 3. The molecule has 31 heteroatoms. The SMILES string of the molecule is C.C.C.O=C(Cn1c(=O)c([N+](=O)[O-])c(N2CCN(C(=O)c3cccs3)CC2)c2ccccc21)c1ccccc1.O=C(c1cccs1)N1CCN(c2c([N+](=O)[O-])c(=O)n(Cc3ccc(C(F)(F)F)cc3)c3ccccc23)CC1.O=C(c1cccs1)N1CCN(c2c([N+](=O)[O-])c(=O)n(Cc3ccc4ccccc4c3)c3ccccc23)CC1. The number of alkyl halides is 3. The molecule has 115 heavy (non-hydrogen) atoms. The van der Waals surface area contributed by atoms with Gasteiger partial charge in [-0.05, 0) is 92.6 Å². The second-order valence-corrected chi connectivity index (χ2v) is 29.4. The number of rotatable bonds is 16. The number of nitrogens with zero attached hydrogens (tertiary/aromatic N) is 12. The van der Waals surface area contributed by atoms with Crippen LogP contribution in [0.15, 0.2) is 237 Å². The van der Waals surface area contributed by atoms with E-state index >= 15 is 0 Å². The highest BCUT2D eigenvalue weighted by atomic mass is 32.1. The highest BCUT2D eigenvalue weighted by Gasteiger charge is 2.38. The van der Waals surface area contributed by atoms with Crippen LogP contribution in [0.3, 0.4) is 0 Å². The zero-order chi connectivity index (χ0) is 78.5. The van der Waals surface area contributed by atoms with Gasteiger partial charge >= 0.3 is 39.9 Å². The van der Waals surface area contributed by atoms with Gasteiger partial charge < -0.3 is 29.4 Å². The maximum Gasteiger partial charge on any atom is 0.416 e. The average molecular weight is 1620 g/mol. The number of pyridine rings is 3. The molecule has 0 atom stereocenters. The Balaban J connectivity index is 0.000000168. The predicted molar refractivity (Wildman–Crippen MR) is 446 cm³/mol. The molecular formula is C84H79F3N12O13S3. The number of hydrogen-bond donors (Lipinski definition) is 0. The van der Waals surface area contributed by atoms with Gasteiger partial charge in [0, 0.05) is 100 Å². The van der Waals surface area contributed by atoms with Crippen molar-refractivity contribution in [3.8, 4) is 0 Å². The van der Waals surface area contributed by atoms with Crippen molar-refractivity contribution in [2.24, 2.45) is 0 Å². The van der Waals surface area contributed by atoms with Crippen molar-refractivity contribution in [1.29, 1.82) is 0 Å². The lowest BCUT2D eigenvalue weighted by atomic mass is 10.1. The first kappa shape index (κ1) is 82.9. The molecule has 6 aromatic heterocycles. The summed E-state index contributed by atoms with van der Waals surface area (Å²) in [6.07, 6.45) is -4.50. The first-order chi connectivity index (χ1) is 54.1.